The maximum Gasteiger partial charge on any atom is 0.416 e. The lowest BCUT2D eigenvalue weighted by Crippen LogP contribution is -2.75. The molecule has 378 valence electrons. The zero-order valence-electron chi connectivity index (χ0n) is 33.6. The van der Waals surface area contributed by atoms with Crippen molar-refractivity contribution in [2.75, 3.05) is 0 Å². The van der Waals surface area contributed by atoms with Crippen molar-refractivity contribution < 1.29 is 114 Å². The highest BCUT2D eigenvalue weighted by atomic mass is 32.1. The molecule has 6 rings (SSSR count). The molecule has 6 aromatic rings. The number of alkyl halides is 24. The van der Waals surface area contributed by atoms with E-state index >= 15 is 0 Å². The third kappa shape index (κ3) is 12.5. The second-order valence-corrected chi connectivity index (χ2v) is 15.8. The highest BCUT2D eigenvalue weighted by Crippen LogP contribution is 2.41. The summed E-state index contributed by atoms with van der Waals surface area (Å²) in [5, 5.41) is 1.97. The number of aromatic nitrogens is 1. The Morgan fingerprint density at radius 3 is 0.800 bits per heavy atom. The normalized spacial score (nSPS) is 13.6. The average Bonchev–Trinajstić information content (AvgIpc) is 3.73. The fraction of sp³-hybridized carbons (Fsp3) is 0.214. The van der Waals surface area contributed by atoms with Gasteiger partial charge in [-0.2, -0.15) is 132 Å². The number of hydrogen-bond donors (Lipinski definition) is 0. The molecule has 70 heavy (non-hydrogen) atoms. The Morgan fingerprint density at radius 2 is 0.600 bits per heavy atom. The maximum absolute atomic E-state index is 14.2. The van der Waals surface area contributed by atoms with Crippen molar-refractivity contribution in [2.45, 2.75) is 56.0 Å². The standard InChI is InChI=1S/C32H12BF24.C10H9FNS/c34-25(35,36)13-1-14(26(37,38)39)6-21(5-13)33(22-7-15(27(40,41)42)2-16(8-22)28(43,44)45,23-9-17(29(46,47)48)3-18(10-23)30(49,50)51)24-11-19(31(52,53)54)4-20(12-24)32(55,56)57;11-10-4-2-1-3-9(10)7-12-5-6-13-8-12/h1-12H;1-6,8H,7H2/q-1;+1. The Morgan fingerprint density at radius 1 is 0.357 bits per heavy atom. The number of halogens is 25. The molecule has 0 aliphatic rings. The lowest BCUT2D eigenvalue weighted by Gasteiger charge is -2.46. The van der Waals surface area contributed by atoms with E-state index in [-0.39, 0.29) is 5.82 Å². The number of nitrogens with zero attached hydrogens (tertiary/aromatic N) is 1. The molecule has 0 spiro atoms. The van der Waals surface area contributed by atoms with E-state index in [9.17, 15) is 110 Å². The van der Waals surface area contributed by atoms with Crippen LogP contribution >= 0.6 is 11.3 Å². The molecule has 0 atom stereocenters. The van der Waals surface area contributed by atoms with Gasteiger partial charge in [-0.25, -0.2) is 4.39 Å². The highest BCUT2D eigenvalue weighted by Gasteiger charge is 2.47. The topological polar surface area (TPSA) is 3.88 Å². The number of hydrogen-bond acceptors (Lipinski definition) is 1. The minimum atomic E-state index is -6.13. The highest BCUT2D eigenvalue weighted by molar-refractivity contribution is 7.20. The van der Waals surface area contributed by atoms with E-state index in [0.29, 0.717) is 6.54 Å². The van der Waals surface area contributed by atoms with Crippen LogP contribution in [-0.2, 0) is 56.0 Å². The van der Waals surface area contributed by atoms with Gasteiger partial charge in [0.25, 0.3) is 0 Å². The predicted octanol–water partition coefficient (Wildman–Crippen LogP) is 13.4. The lowest BCUT2D eigenvalue weighted by molar-refractivity contribution is -0.683. The molecule has 1 aromatic heterocycles. The van der Waals surface area contributed by atoms with E-state index in [4.69, 9.17) is 0 Å². The van der Waals surface area contributed by atoms with Crippen molar-refractivity contribution >= 4 is 39.3 Å². The van der Waals surface area contributed by atoms with Crippen LogP contribution in [-0.4, -0.2) is 6.15 Å². The fourth-order valence-corrected chi connectivity index (χ4v) is 7.84. The molecular weight excluding hydrogens is 1040 g/mol. The third-order valence-electron chi connectivity index (χ3n) is 10.3. The summed E-state index contributed by atoms with van der Waals surface area (Å²) in [6, 6.07) is -1.96. The van der Waals surface area contributed by atoms with Gasteiger partial charge in [0, 0.05) is 0 Å². The molecule has 0 aliphatic carbocycles. The maximum atomic E-state index is 14.2. The minimum absolute atomic E-state index is 0.138. The van der Waals surface area contributed by atoms with Gasteiger partial charge in [-0.05, 0) is 36.4 Å². The first-order valence-corrected chi connectivity index (χ1v) is 19.6. The first-order valence-electron chi connectivity index (χ1n) is 18.6. The van der Waals surface area contributed by atoms with Gasteiger partial charge < -0.3 is 0 Å². The van der Waals surface area contributed by atoms with Crippen molar-refractivity contribution in [3.63, 3.8) is 0 Å². The zero-order valence-corrected chi connectivity index (χ0v) is 34.4. The predicted molar refractivity (Wildman–Crippen MR) is 200 cm³/mol. The van der Waals surface area contributed by atoms with Crippen LogP contribution in [0, 0.1) is 5.82 Å². The summed E-state index contributed by atoms with van der Waals surface area (Å²) in [5.41, 5.74) is -27.5. The third-order valence-corrected chi connectivity index (χ3v) is 10.9. The van der Waals surface area contributed by atoms with Gasteiger partial charge in [0.1, 0.15) is 12.0 Å². The van der Waals surface area contributed by atoms with Gasteiger partial charge in [-0.1, -0.05) is 72.0 Å². The molecule has 0 radical (unpaired) electrons. The van der Waals surface area contributed by atoms with Crippen LogP contribution in [0.5, 0.6) is 0 Å². The van der Waals surface area contributed by atoms with Crippen LogP contribution in [0.3, 0.4) is 0 Å². The monoisotopic (exact) mass is 1060 g/mol. The average molecular weight is 1060 g/mol. The Hall–Kier alpha value is -5.96. The summed E-state index contributed by atoms with van der Waals surface area (Å²) >= 11 is 1.61. The first kappa shape index (κ1) is 55.0. The van der Waals surface area contributed by atoms with Gasteiger partial charge in [0.15, 0.2) is 12.7 Å². The van der Waals surface area contributed by atoms with Crippen LogP contribution in [0.4, 0.5) is 110 Å². The van der Waals surface area contributed by atoms with Gasteiger partial charge >= 0.3 is 49.4 Å². The fourth-order valence-electron chi connectivity index (χ4n) is 7.25. The molecule has 0 amide bonds. The van der Waals surface area contributed by atoms with Crippen molar-refractivity contribution in [3.8, 4) is 0 Å². The second-order valence-electron chi connectivity index (χ2n) is 15.0. The van der Waals surface area contributed by atoms with Gasteiger partial charge in [-0.3, -0.25) is 0 Å². The summed E-state index contributed by atoms with van der Waals surface area (Å²) < 4.78 is 356. The summed E-state index contributed by atoms with van der Waals surface area (Å²) in [5.74, 6) is -0.138. The van der Waals surface area contributed by atoms with Crippen molar-refractivity contribution in [1.29, 1.82) is 0 Å². The smallest absolute Gasteiger partial charge is 0.206 e. The molecule has 0 bridgehead atoms. The molecule has 28 heteroatoms. The SMILES string of the molecule is FC(F)(F)c1cc([B-](c2cc(C(F)(F)F)cc(C(F)(F)F)c2)(c2cc(C(F)(F)F)cc(C(F)(F)F)c2)c2cc(C(F)(F)F)cc(C(F)(F)F)c2)cc(C(F)(F)F)c1.Fc1ccccc1C[n+]1ccsc1. The number of benzene rings is 5. The molecular formula is C42H21BF25NS. The largest absolute Gasteiger partial charge is 0.416 e. The van der Waals surface area contributed by atoms with Crippen molar-refractivity contribution in [2.24, 2.45) is 0 Å². The molecule has 1 nitrogen and oxygen atoms in total. The van der Waals surface area contributed by atoms with Crippen LogP contribution in [0.1, 0.15) is 50.1 Å². The molecule has 0 saturated heterocycles. The van der Waals surface area contributed by atoms with Crippen LogP contribution in [0.15, 0.2) is 114 Å². The Balaban J connectivity index is 0.000000600. The van der Waals surface area contributed by atoms with Gasteiger partial charge in [-0.15, -0.1) is 0 Å². The Bertz CT molecular complexity index is 2370. The quantitative estimate of drug-likeness (QED) is 0.0889. The van der Waals surface area contributed by atoms with Gasteiger partial charge in [0.2, 0.25) is 5.51 Å². The van der Waals surface area contributed by atoms with Crippen molar-refractivity contribution in [1.82, 2.24) is 0 Å². The van der Waals surface area contributed by atoms with Crippen LogP contribution in [0.2, 0.25) is 0 Å². The van der Waals surface area contributed by atoms with Crippen LogP contribution in [0.25, 0.3) is 0 Å². The summed E-state index contributed by atoms with van der Waals surface area (Å²) in [4.78, 5) is 0. The zero-order chi connectivity index (χ0) is 53.0. The summed E-state index contributed by atoms with van der Waals surface area (Å²) in [6.45, 7) is 0.607. The number of rotatable bonds is 6. The number of thiazole rings is 1. The second kappa shape index (κ2) is 18.7. The first-order chi connectivity index (χ1) is 31.6. The van der Waals surface area contributed by atoms with E-state index in [1.165, 1.54) is 6.07 Å². The minimum Gasteiger partial charge on any atom is -0.206 e. The van der Waals surface area contributed by atoms with Gasteiger partial charge in [0.05, 0.1) is 55.5 Å². The molecule has 1 heterocycles. The molecule has 5 aromatic carbocycles. The lowest BCUT2D eigenvalue weighted by atomic mass is 9.12. The van der Waals surface area contributed by atoms with E-state index < -0.39 is 195 Å². The molecule has 0 fully saturated rings. The van der Waals surface area contributed by atoms with E-state index in [0.717, 1.165) is 5.56 Å². The molecule has 0 saturated carbocycles. The van der Waals surface area contributed by atoms with E-state index in [2.05, 4.69) is 0 Å². The Kier molecular flexibility index (Phi) is 14.7. The van der Waals surface area contributed by atoms with E-state index in [1.54, 1.807) is 23.5 Å². The molecule has 0 unspecified atom stereocenters. The summed E-state index contributed by atoms with van der Waals surface area (Å²) in [6.07, 6.45) is -52.9. The molecule has 0 N–H and O–H groups in total. The van der Waals surface area contributed by atoms with E-state index in [1.807, 2.05) is 27.7 Å². The Labute approximate surface area is 379 Å². The van der Waals surface area contributed by atoms with Crippen molar-refractivity contribution in [3.05, 3.63) is 170 Å². The molecule has 0 aliphatic heterocycles. The summed E-state index contributed by atoms with van der Waals surface area (Å²) in [7, 11) is 0. The van der Waals surface area contributed by atoms with Crippen LogP contribution < -0.4 is 26.4 Å².